The second-order valence-electron chi connectivity index (χ2n) is 6.09. The number of aliphatic hydroxyl groups excluding tert-OH is 1. The largest absolute Gasteiger partial charge is 0.392 e. The van der Waals surface area contributed by atoms with Crippen molar-refractivity contribution >= 4 is 27.5 Å². The predicted octanol–water partition coefficient (Wildman–Crippen LogP) is 1.60. The second kappa shape index (κ2) is 6.41. The molecule has 3 heterocycles. The average molecular weight is 335 g/mol. The third-order valence-electron chi connectivity index (χ3n) is 4.18. The Kier molecular flexibility index (Phi) is 4.50. The molecule has 1 atom stereocenters. The van der Waals surface area contributed by atoms with Crippen LogP contribution in [0.5, 0.6) is 0 Å². The third-order valence-corrected chi connectivity index (χ3v) is 5.36. The van der Waals surface area contributed by atoms with Crippen LogP contribution in [0.25, 0.3) is 10.2 Å². The number of nitrogens with zero attached hydrogens (tertiary/aromatic N) is 2. The van der Waals surface area contributed by atoms with Gasteiger partial charge in [0, 0.05) is 19.5 Å². The Hall–Kier alpha value is -1.73. The fraction of sp³-hybridized carbons (Fsp3) is 0.562. The quantitative estimate of drug-likeness (QED) is 0.892. The summed E-state index contributed by atoms with van der Waals surface area (Å²) < 4.78 is 1.77. The van der Waals surface area contributed by atoms with Gasteiger partial charge in [-0.2, -0.15) is 0 Å². The van der Waals surface area contributed by atoms with Crippen molar-refractivity contribution in [3.8, 4) is 0 Å². The van der Waals surface area contributed by atoms with Crippen LogP contribution >= 0.6 is 11.3 Å². The SMILES string of the molecule is Cc1c(C(=O)NC[C@@H](C)O)sc2nc3n(c(=O)c12)CCCCC3. The van der Waals surface area contributed by atoms with Crippen LogP contribution in [0, 0.1) is 6.92 Å². The monoisotopic (exact) mass is 335 g/mol. The molecule has 0 unspecified atom stereocenters. The number of carbonyl (C=O) groups excluding carboxylic acids is 1. The summed E-state index contributed by atoms with van der Waals surface area (Å²) in [5.41, 5.74) is 0.653. The maximum absolute atomic E-state index is 12.8. The molecular formula is C16H21N3O3S. The summed E-state index contributed by atoms with van der Waals surface area (Å²) in [5, 5.41) is 12.5. The summed E-state index contributed by atoms with van der Waals surface area (Å²) in [6.07, 6.45) is 3.36. The lowest BCUT2D eigenvalue weighted by Gasteiger charge is -2.08. The van der Waals surface area contributed by atoms with E-state index in [0.29, 0.717) is 27.2 Å². The van der Waals surface area contributed by atoms with Crippen LogP contribution in [0.3, 0.4) is 0 Å². The fourth-order valence-corrected chi connectivity index (χ4v) is 4.05. The van der Waals surface area contributed by atoms with Gasteiger partial charge in [0.25, 0.3) is 11.5 Å². The van der Waals surface area contributed by atoms with Gasteiger partial charge in [-0.3, -0.25) is 14.2 Å². The number of fused-ring (bicyclic) bond motifs is 2. The van der Waals surface area contributed by atoms with Crippen LogP contribution < -0.4 is 10.9 Å². The van der Waals surface area contributed by atoms with Crippen molar-refractivity contribution in [2.45, 2.75) is 52.2 Å². The van der Waals surface area contributed by atoms with Crippen molar-refractivity contribution in [1.82, 2.24) is 14.9 Å². The third kappa shape index (κ3) is 3.03. The molecule has 0 radical (unpaired) electrons. The molecular weight excluding hydrogens is 314 g/mol. The van der Waals surface area contributed by atoms with Crippen molar-refractivity contribution in [3.05, 3.63) is 26.6 Å². The van der Waals surface area contributed by atoms with Crippen LogP contribution in [0.2, 0.25) is 0 Å². The van der Waals surface area contributed by atoms with E-state index >= 15 is 0 Å². The highest BCUT2D eigenvalue weighted by atomic mass is 32.1. The fourth-order valence-electron chi connectivity index (χ4n) is 2.95. The minimum atomic E-state index is -0.603. The Labute approximate surface area is 138 Å². The molecule has 3 rings (SSSR count). The number of amides is 1. The van der Waals surface area contributed by atoms with Crippen molar-refractivity contribution in [3.63, 3.8) is 0 Å². The maximum atomic E-state index is 12.8. The topological polar surface area (TPSA) is 84.2 Å². The van der Waals surface area contributed by atoms with Crippen LogP contribution in [0.15, 0.2) is 4.79 Å². The molecule has 0 saturated heterocycles. The van der Waals surface area contributed by atoms with Crippen LogP contribution in [-0.4, -0.2) is 33.2 Å². The van der Waals surface area contributed by atoms with Gasteiger partial charge in [0.15, 0.2) is 0 Å². The van der Waals surface area contributed by atoms with E-state index in [4.69, 9.17) is 0 Å². The minimum Gasteiger partial charge on any atom is -0.392 e. The molecule has 0 fully saturated rings. The van der Waals surface area contributed by atoms with Crippen LogP contribution in [-0.2, 0) is 13.0 Å². The van der Waals surface area contributed by atoms with E-state index in [-0.39, 0.29) is 18.0 Å². The van der Waals surface area contributed by atoms with E-state index in [9.17, 15) is 14.7 Å². The highest BCUT2D eigenvalue weighted by Crippen LogP contribution is 2.28. The van der Waals surface area contributed by atoms with Gasteiger partial charge in [-0.15, -0.1) is 11.3 Å². The highest BCUT2D eigenvalue weighted by Gasteiger charge is 2.22. The second-order valence-corrected chi connectivity index (χ2v) is 7.09. The first-order valence-corrected chi connectivity index (χ1v) is 8.79. The van der Waals surface area contributed by atoms with Crippen molar-refractivity contribution in [2.75, 3.05) is 6.54 Å². The average Bonchev–Trinajstić information content (AvgIpc) is 2.69. The predicted molar refractivity (Wildman–Crippen MR) is 90.2 cm³/mol. The lowest BCUT2D eigenvalue weighted by molar-refractivity contribution is 0.0927. The van der Waals surface area contributed by atoms with E-state index in [0.717, 1.165) is 31.5 Å². The lowest BCUT2D eigenvalue weighted by atomic mass is 10.2. The Morgan fingerprint density at radius 3 is 2.96 bits per heavy atom. The minimum absolute atomic E-state index is 0.0322. The molecule has 23 heavy (non-hydrogen) atoms. The molecule has 1 amide bonds. The normalized spacial score (nSPS) is 16.0. The van der Waals surface area contributed by atoms with Gasteiger partial charge in [0.2, 0.25) is 0 Å². The molecule has 0 bridgehead atoms. The van der Waals surface area contributed by atoms with Gasteiger partial charge in [-0.05, 0) is 32.3 Å². The molecule has 0 aliphatic carbocycles. The zero-order chi connectivity index (χ0) is 16.6. The van der Waals surface area contributed by atoms with Gasteiger partial charge in [0.1, 0.15) is 10.7 Å². The van der Waals surface area contributed by atoms with Gasteiger partial charge < -0.3 is 10.4 Å². The number of aryl methyl sites for hydroxylation is 2. The molecule has 7 heteroatoms. The van der Waals surface area contributed by atoms with Crippen molar-refractivity contribution < 1.29 is 9.90 Å². The molecule has 124 valence electrons. The number of hydrogen-bond acceptors (Lipinski definition) is 5. The molecule has 0 spiro atoms. The summed E-state index contributed by atoms with van der Waals surface area (Å²) in [7, 11) is 0. The Morgan fingerprint density at radius 2 is 2.22 bits per heavy atom. The molecule has 1 aliphatic rings. The van der Waals surface area contributed by atoms with Crippen LogP contribution in [0.1, 0.15) is 47.2 Å². The molecule has 2 N–H and O–H groups in total. The number of rotatable bonds is 3. The summed E-state index contributed by atoms with van der Waals surface area (Å²) in [6.45, 7) is 4.30. The first kappa shape index (κ1) is 16.1. The van der Waals surface area contributed by atoms with E-state index in [1.807, 2.05) is 0 Å². The zero-order valence-electron chi connectivity index (χ0n) is 13.4. The Morgan fingerprint density at radius 1 is 1.43 bits per heavy atom. The first-order valence-electron chi connectivity index (χ1n) is 7.98. The number of nitrogens with one attached hydrogen (secondary N) is 1. The molecule has 2 aromatic rings. The number of hydrogen-bond donors (Lipinski definition) is 2. The van der Waals surface area contributed by atoms with Gasteiger partial charge in [-0.25, -0.2) is 4.98 Å². The maximum Gasteiger partial charge on any atom is 0.262 e. The standard InChI is InChI=1S/C16H21N3O3S/c1-9(20)8-17-14(21)13-10(2)12-15(23-13)18-11-6-4-3-5-7-19(11)16(12)22/h9,20H,3-8H2,1-2H3,(H,17,21)/t9-/m1/s1. The highest BCUT2D eigenvalue weighted by molar-refractivity contribution is 7.20. The zero-order valence-corrected chi connectivity index (χ0v) is 14.2. The molecule has 1 aliphatic heterocycles. The van der Waals surface area contributed by atoms with Gasteiger partial charge in [-0.1, -0.05) is 6.42 Å². The van der Waals surface area contributed by atoms with Crippen molar-refractivity contribution in [1.29, 1.82) is 0 Å². The summed E-state index contributed by atoms with van der Waals surface area (Å²) >= 11 is 1.26. The van der Waals surface area contributed by atoms with E-state index in [1.54, 1.807) is 18.4 Å². The van der Waals surface area contributed by atoms with Gasteiger partial charge >= 0.3 is 0 Å². The molecule has 0 aromatic carbocycles. The lowest BCUT2D eigenvalue weighted by Crippen LogP contribution is -2.30. The summed E-state index contributed by atoms with van der Waals surface area (Å²) in [5.74, 6) is 0.572. The van der Waals surface area contributed by atoms with E-state index in [1.165, 1.54) is 11.3 Å². The summed E-state index contributed by atoms with van der Waals surface area (Å²) in [4.78, 5) is 30.9. The molecule has 6 nitrogen and oxygen atoms in total. The number of carbonyl (C=O) groups is 1. The Balaban J connectivity index is 2.07. The molecule has 2 aromatic heterocycles. The number of thiophene rings is 1. The van der Waals surface area contributed by atoms with E-state index < -0.39 is 6.10 Å². The van der Waals surface area contributed by atoms with Crippen LogP contribution in [0.4, 0.5) is 0 Å². The van der Waals surface area contributed by atoms with Gasteiger partial charge in [0.05, 0.1) is 16.4 Å². The van der Waals surface area contributed by atoms with Crippen molar-refractivity contribution in [2.24, 2.45) is 0 Å². The number of aromatic nitrogens is 2. The Bertz CT molecular complexity index is 807. The smallest absolute Gasteiger partial charge is 0.262 e. The first-order chi connectivity index (χ1) is 11.0. The number of aliphatic hydroxyl groups is 1. The molecule has 0 saturated carbocycles. The van der Waals surface area contributed by atoms with E-state index in [2.05, 4.69) is 10.3 Å². The summed E-state index contributed by atoms with van der Waals surface area (Å²) in [6, 6.07) is 0.